The van der Waals surface area contributed by atoms with Crippen LogP contribution in [0.25, 0.3) is 0 Å². The molecular weight excluding hydrogens is 244 g/mol. The predicted molar refractivity (Wildman–Crippen MR) is 69.8 cm³/mol. The minimum Gasteiger partial charge on any atom is -0.477 e. The zero-order chi connectivity index (χ0) is 13.7. The topological polar surface area (TPSA) is 80.0 Å². The number of carboxylic acids is 1. The third kappa shape index (κ3) is 3.89. The van der Waals surface area contributed by atoms with Crippen LogP contribution < -0.4 is 5.32 Å². The molecule has 2 heterocycles. The van der Waals surface area contributed by atoms with Gasteiger partial charge >= 0.3 is 5.97 Å². The fourth-order valence-electron chi connectivity index (χ4n) is 1.73. The number of rotatable bonds is 6. The van der Waals surface area contributed by atoms with Gasteiger partial charge in [-0.2, -0.15) is 5.10 Å². The Balaban J connectivity index is 1.79. The molecule has 0 bridgehead atoms. The van der Waals surface area contributed by atoms with Crippen LogP contribution in [0.1, 0.15) is 21.9 Å². The van der Waals surface area contributed by atoms with Crippen molar-refractivity contribution in [2.45, 2.75) is 13.0 Å². The standard InChI is InChI=1S/C13H16N4O2/c1-17-8-6-10(16-17)5-7-14-9-11-3-2-4-12(15-11)13(18)19/h2-4,6,8,14H,5,7,9H2,1H3,(H,18,19). The third-order valence-electron chi connectivity index (χ3n) is 2.66. The van der Waals surface area contributed by atoms with E-state index in [0.717, 1.165) is 24.4 Å². The predicted octanol–water partition coefficient (Wildman–Crippen LogP) is 0.846. The van der Waals surface area contributed by atoms with E-state index in [4.69, 9.17) is 5.11 Å². The van der Waals surface area contributed by atoms with E-state index in [1.165, 1.54) is 6.07 Å². The van der Waals surface area contributed by atoms with Crippen molar-refractivity contribution in [3.63, 3.8) is 0 Å². The van der Waals surface area contributed by atoms with Gasteiger partial charge in [0.2, 0.25) is 0 Å². The van der Waals surface area contributed by atoms with Crippen LogP contribution in [0.4, 0.5) is 0 Å². The lowest BCUT2D eigenvalue weighted by Gasteiger charge is -2.04. The van der Waals surface area contributed by atoms with Crippen molar-refractivity contribution >= 4 is 5.97 Å². The molecule has 0 radical (unpaired) electrons. The van der Waals surface area contributed by atoms with E-state index in [1.807, 2.05) is 19.3 Å². The first-order valence-corrected chi connectivity index (χ1v) is 6.03. The SMILES string of the molecule is Cn1ccc(CCNCc2cccc(C(=O)O)n2)n1. The quantitative estimate of drug-likeness (QED) is 0.752. The number of hydrogen-bond acceptors (Lipinski definition) is 4. The number of hydrogen-bond donors (Lipinski definition) is 2. The summed E-state index contributed by atoms with van der Waals surface area (Å²) in [6, 6.07) is 6.97. The molecule has 0 aliphatic carbocycles. The lowest BCUT2D eigenvalue weighted by molar-refractivity contribution is 0.0690. The highest BCUT2D eigenvalue weighted by molar-refractivity contribution is 5.85. The Kier molecular flexibility index (Phi) is 4.25. The zero-order valence-electron chi connectivity index (χ0n) is 10.7. The fourth-order valence-corrected chi connectivity index (χ4v) is 1.73. The Morgan fingerprint density at radius 2 is 2.21 bits per heavy atom. The van der Waals surface area contributed by atoms with E-state index >= 15 is 0 Å². The molecule has 2 N–H and O–H groups in total. The van der Waals surface area contributed by atoms with E-state index in [2.05, 4.69) is 15.4 Å². The summed E-state index contributed by atoms with van der Waals surface area (Å²) in [4.78, 5) is 14.8. The molecule has 0 fully saturated rings. The molecule has 0 saturated carbocycles. The van der Waals surface area contributed by atoms with Crippen molar-refractivity contribution in [2.24, 2.45) is 7.05 Å². The molecular formula is C13H16N4O2. The molecule has 0 amide bonds. The normalized spacial score (nSPS) is 10.6. The number of aromatic nitrogens is 3. The van der Waals surface area contributed by atoms with Gasteiger partial charge in [-0.15, -0.1) is 0 Å². The molecule has 0 spiro atoms. The second kappa shape index (κ2) is 6.10. The number of aromatic carboxylic acids is 1. The summed E-state index contributed by atoms with van der Waals surface area (Å²) in [6.45, 7) is 1.32. The molecule has 2 rings (SSSR count). The molecule has 0 aliphatic rings. The van der Waals surface area contributed by atoms with Crippen LogP contribution in [0.15, 0.2) is 30.5 Å². The number of carbonyl (C=O) groups is 1. The Hall–Kier alpha value is -2.21. The molecule has 0 saturated heterocycles. The van der Waals surface area contributed by atoms with Gasteiger partial charge in [-0.3, -0.25) is 4.68 Å². The van der Waals surface area contributed by atoms with E-state index in [1.54, 1.807) is 16.8 Å². The van der Waals surface area contributed by atoms with Gasteiger partial charge in [0.1, 0.15) is 5.69 Å². The van der Waals surface area contributed by atoms with E-state index in [0.29, 0.717) is 6.54 Å². The van der Waals surface area contributed by atoms with Gasteiger partial charge in [0.05, 0.1) is 11.4 Å². The van der Waals surface area contributed by atoms with Crippen LogP contribution >= 0.6 is 0 Å². The Morgan fingerprint density at radius 1 is 1.37 bits per heavy atom. The summed E-state index contributed by atoms with van der Waals surface area (Å²) >= 11 is 0. The van der Waals surface area contributed by atoms with Crippen molar-refractivity contribution in [3.05, 3.63) is 47.5 Å². The first-order valence-electron chi connectivity index (χ1n) is 6.03. The van der Waals surface area contributed by atoms with Gasteiger partial charge < -0.3 is 10.4 Å². The average molecular weight is 260 g/mol. The van der Waals surface area contributed by atoms with Crippen molar-refractivity contribution in [2.75, 3.05) is 6.54 Å². The van der Waals surface area contributed by atoms with Gasteiger partial charge in [0.15, 0.2) is 0 Å². The minimum absolute atomic E-state index is 0.0732. The Bertz CT molecular complexity index is 565. The second-order valence-corrected chi connectivity index (χ2v) is 4.23. The van der Waals surface area contributed by atoms with Crippen molar-refractivity contribution < 1.29 is 9.90 Å². The van der Waals surface area contributed by atoms with E-state index in [-0.39, 0.29) is 5.69 Å². The number of nitrogens with one attached hydrogen (secondary N) is 1. The van der Waals surface area contributed by atoms with Gasteiger partial charge in [-0.1, -0.05) is 6.07 Å². The molecule has 6 heteroatoms. The van der Waals surface area contributed by atoms with Gasteiger partial charge in [0, 0.05) is 32.8 Å². The maximum atomic E-state index is 10.8. The van der Waals surface area contributed by atoms with Crippen LogP contribution in [-0.2, 0) is 20.0 Å². The molecule has 0 atom stereocenters. The maximum Gasteiger partial charge on any atom is 0.354 e. The highest BCUT2D eigenvalue weighted by Gasteiger charge is 2.04. The first-order chi connectivity index (χ1) is 9.15. The molecule has 2 aromatic heterocycles. The van der Waals surface area contributed by atoms with Crippen LogP contribution in [0.5, 0.6) is 0 Å². The summed E-state index contributed by atoms with van der Waals surface area (Å²) in [6.07, 6.45) is 2.74. The summed E-state index contributed by atoms with van der Waals surface area (Å²) in [7, 11) is 1.89. The number of aryl methyl sites for hydroxylation is 1. The molecule has 0 aromatic carbocycles. The molecule has 6 nitrogen and oxygen atoms in total. The summed E-state index contributed by atoms with van der Waals surface area (Å²) < 4.78 is 1.77. The average Bonchev–Trinajstić information content (AvgIpc) is 2.81. The van der Waals surface area contributed by atoms with Crippen LogP contribution in [0, 0.1) is 0 Å². The lowest BCUT2D eigenvalue weighted by atomic mass is 10.3. The first kappa shape index (κ1) is 13.2. The van der Waals surface area contributed by atoms with Crippen molar-refractivity contribution in [1.82, 2.24) is 20.1 Å². The number of carboxylic acid groups (broad SMARTS) is 1. The highest BCUT2D eigenvalue weighted by Crippen LogP contribution is 2.00. The van der Waals surface area contributed by atoms with Crippen LogP contribution in [0.2, 0.25) is 0 Å². The molecule has 2 aromatic rings. The summed E-state index contributed by atoms with van der Waals surface area (Å²) in [5.74, 6) is -1.00. The van der Waals surface area contributed by atoms with Gasteiger partial charge in [0.25, 0.3) is 0 Å². The lowest BCUT2D eigenvalue weighted by Crippen LogP contribution is -2.18. The Labute approximate surface area is 111 Å². The van der Waals surface area contributed by atoms with Crippen molar-refractivity contribution in [3.8, 4) is 0 Å². The molecule has 0 aliphatic heterocycles. The van der Waals surface area contributed by atoms with E-state index < -0.39 is 5.97 Å². The molecule has 100 valence electrons. The fraction of sp³-hybridized carbons (Fsp3) is 0.308. The van der Waals surface area contributed by atoms with Crippen LogP contribution in [-0.4, -0.2) is 32.4 Å². The number of pyridine rings is 1. The third-order valence-corrected chi connectivity index (χ3v) is 2.66. The monoisotopic (exact) mass is 260 g/mol. The zero-order valence-corrected chi connectivity index (χ0v) is 10.7. The van der Waals surface area contributed by atoms with Gasteiger partial charge in [-0.05, 0) is 18.2 Å². The van der Waals surface area contributed by atoms with Gasteiger partial charge in [-0.25, -0.2) is 9.78 Å². The van der Waals surface area contributed by atoms with Crippen molar-refractivity contribution in [1.29, 1.82) is 0 Å². The highest BCUT2D eigenvalue weighted by atomic mass is 16.4. The minimum atomic E-state index is -1.00. The van der Waals surface area contributed by atoms with E-state index in [9.17, 15) is 4.79 Å². The molecule has 19 heavy (non-hydrogen) atoms. The largest absolute Gasteiger partial charge is 0.477 e. The van der Waals surface area contributed by atoms with Crippen LogP contribution in [0.3, 0.4) is 0 Å². The molecule has 0 unspecified atom stereocenters. The number of nitrogens with zero attached hydrogens (tertiary/aromatic N) is 3. The summed E-state index contributed by atoms with van der Waals surface area (Å²) in [5, 5.41) is 16.3. The second-order valence-electron chi connectivity index (χ2n) is 4.23. The smallest absolute Gasteiger partial charge is 0.354 e. The Morgan fingerprint density at radius 3 is 2.89 bits per heavy atom. The maximum absolute atomic E-state index is 10.8. The summed E-state index contributed by atoms with van der Waals surface area (Å²) in [5.41, 5.74) is 1.83.